The van der Waals surface area contributed by atoms with Crippen LogP contribution in [0.1, 0.15) is 11.1 Å². The number of nitriles is 1. The predicted molar refractivity (Wildman–Crippen MR) is 105 cm³/mol. The molecule has 0 N–H and O–H groups in total. The van der Waals surface area contributed by atoms with Gasteiger partial charge in [-0.15, -0.1) is 0 Å². The molecule has 0 radical (unpaired) electrons. The quantitative estimate of drug-likeness (QED) is 0.327. The zero-order chi connectivity index (χ0) is 19.7. The minimum absolute atomic E-state index is 0.0371. The van der Waals surface area contributed by atoms with E-state index >= 15 is 0 Å². The number of halogens is 2. The van der Waals surface area contributed by atoms with E-state index in [1.807, 2.05) is 6.07 Å². The Hall–Kier alpha value is -3.14. The summed E-state index contributed by atoms with van der Waals surface area (Å²) in [6.45, 7) is 1.64. The van der Waals surface area contributed by atoms with Crippen LogP contribution in [-0.2, 0) is 4.79 Å². The molecule has 6 nitrogen and oxygen atoms in total. The number of aryl methyl sites for hydroxylation is 1. The zero-order valence-electron chi connectivity index (χ0n) is 13.9. The van der Waals surface area contributed by atoms with Gasteiger partial charge in [0.2, 0.25) is 6.41 Å². The van der Waals surface area contributed by atoms with E-state index in [2.05, 4.69) is 0 Å². The van der Waals surface area contributed by atoms with Gasteiger partial charge in [0.15, 0.2) is 0 Å². The summed E-state index contributed by atoms with van der Waals surface area (Å²) in [4.78, 5) is 24.0. The number of benzene rings is 3. The first-order valence-electron chi connectivity index (χ1n) is 7.69. The Balaban J connectivity index is 2.36. The lowest BCUT2D eigenvalue weighted by Crippen LogP contribution is -2.16. The van der Waals surface area contributed by atoms with Gasteiger partial charge >= 0.3 is 0 Å². The second kappa shape index (κ2) is 7.23. The smallest absolute Gasteiger partial charge is 0.278 e. The molecule has 0 bridgehead atoms. The number of fused-ring (bicyclic) bond motifs is 1. The minimum Gasteiger partial charge on any atom is -0.278 e. The number of rotatable bonds is 4. The van der Waals surface area contributed by atoms with Gasteiger partial charge < -0.3 is 0 Å². The highest BCUT2D eigenvalue weighted by atomic mass is 35.5. The van der Waals surface area contributed by atoms with Crippen LogP contribution in [0.5, 0.6) is 0 Å². The number of carbonyl (C=O) groups is 1. The van der Waals surface area contributed by atoms with Gasteiger partial charge in [-0.1, -0.05) is 35.3 Å². The number of nitro benzene ring substituents is 1. The Morgan fingerprint density at radius 2 is 1.89 bits per heavy atom. The van der Waals surface area contributed by atoms with Crippen molar-refractivity contribution < 1.29 is 9.72 Å². The molecule has 0 saturated carbocycles. The maximum atomic E-state index is 11.9. The number of hydrogen-bond donors (Lipinski definition) is 0. The van der Waals surface area contributed by atoms with Crippen molar-refractivity contribution in [2.24, 2.45) is 0 Å². The second-order valence-electron chi connectivity index (χ2n) is 5.73. The lowest BCUT2D eigenvalue weighted by atomic mass is 10.0. The summed E-state index contributed by atoms with van der Waals surface area (Å²) in [7, 11) is 0. The number of hydrogen-bond acceptors (Lipinski definition) is 4. The van der Waals surface area contributed by atoms with Crippen molar-refractivity contribution >= 4 is 57.4 Å². The molecule has 27 heavy (non-hydrogen) atoms. The molecule has 134 valence electrons. The molecule has 0 aliphatic rings. The first-order chi connectivity index (χ1) is 12.9. The molecule has 1 amide bonds. The predicted octanol–water partition coefficient (Wildman–Crippen LogP) is 5.53. The first kappa shape index (κ1) is 18.6. The highest BCUT2D eigenvalue weighted by Crippen LogP contribution is 2.41. The number of anilines is 2. The van der Waals surface area contributed by atoms with Crippen LogP contribution in [0.25, 0.3) is 10.8 Å². The molecule has 0 aromatic heterocycles. The Morgan fingerprint density at radius 1 is 1.15 bits per heavy atom. The third kappa shape index (κ3) is 3.19. The lowest BCUT2D eigenvalue weighted by molar-refractivity contribution is -0.384. The first-order valence-corrected chi connectivity index (χ1v) is 8.45. The van der Waals surface area contributed by atoms with E-state index < -0.39 is 4.92 Å². The largest absolute Gasteiger partial charge is 0.294 e. The molecule has 0 heterocycles. The molecular formula is C19H11Cl2N3O3. The van der Waals surface area contributed by atoms with Crippen molar-refractivity contribution in [3.63, 3.8) is 0 Å². The van der Waals surface area contributed by atoms with Gasteiger partial charge in [-0.2, -0.15) is 5.26 Å². The summed E-state index contributed by atoms with van der Waals surface area (Å²) in [5.41, 5.74) is 0.696. The summed E-state index contributed by atoms with van der Waals surface area (Å²) in [5.74, 6) is 0. The standard InChI is InChI=1S/C19H11Cl2N3O3/c1-11-7-17(18(24(26)27)8-12(11)9-22)23(10-25)16-6-5-14(20)13-3-2-4-15(21)19(13)16/h2-8,10H,1H3. The maximum absolute atomic E-state index is 11.9. The van der Waals surface area contributed by atoms with Crippen molar-refractivity contribution in [3.8, 4) is 6.07 Å². The highest BCUT2D eigenvalue weighted by Gasteiger charge is 2.25. The second-order valence-corrected chi connectivity index (χ2v) is 6.54. The molecular weight excluding hydrogens is 389 g/mol. The topological polar surface area (TPSA) is 87.2 Å². The van der Waals surface area contributed by atoms with E-state index in [4.69, 9.17) is 28.5 Å². The van der Waals surface area contributed by atoms with Crippen LogP contribution in [0.3, 0.4) is 0 Å². The van der Waals surface area contributed by atoms with Crippen molar-refractivity contribution in [2.45, 2.75) is 6.92 Å². The van der Waals surface area contributed by atoms with Crippen LogP contribution in [0, 0.1) is 28.4 Å². The summed E-state index contributed by atoms with van der Waals surface area (Å²) in [6, 6.07) is 12.8. The van der Waals surface area contributed by atoms with Crippen molar-refractivity contribution in [2.75, 3.05) is 4.90 Å². The molecule has 8 heteroatoms. The SMILES string of the molecule is Cc1cc(N(C=O)c2ccc(Cl)c3cccc(Cl)c23)c([N+](=O)[O-])cc1C#N. The Labute approximate surface area is 164 Å². The minimum atomic E-state index is -0.633. The molecule has 3 rings (SSSR count). The third-order valence-corrected chi connectivity index (χ3v) is 4.82. The molecule has 3 aromatic rings. The Bertz CT molecular complexity index is 1140. The van der Waals surface area contributed by atoms with Gasteiger partial charge in [0, 0.05) is 21.9 Å². The van der Waals surface area contributed by atoms with Crippen molar-refractivity contribution in [1.82, 2.24) is 0 Å². The Kier molecular flexibility index (Phi) is 5.00. The number of carbonyl (C=O) groups excluding carboxylic acids is 1. The maximum Gasteiger partial charge on any atom is 0.294 e. The molecule has 0 fully saturated rings. The molecule has 0 atom stereocenters. The van der Waals surface area contributed by atoms with Gasteiger partial charge in [0.1, 0.15) is 5.69 Å². The van der Waals surface area contributed by atoms with Crippen LogP contribution < -0.4 is 4.90 Å². The van der Waals surface area contributed by atoms with E-state index in [0.717, 1.165) is 11.0 Å². The third-order valence-electron chi connectivity index (χ3n) is 4.18. The zero-order valence-corrected chi connectivity index (χ0v) is 15.5. The Morgan fingerprint density at radius 3 is 2.52 bits per heavy atom. The van der Waals surface area contributed by atoms with E-state index in [-0.39, 0.29) is 16.9 Å². The van der Waals surface area contributed by atoms with Crippen LogP contribution in [0.15, 0.2) is 42.5 Å². The van der Waals surface area contributed by atoms with Crippen LogP contribution in [0.2, 0.25) is 10.0 Å². The van der Waals surface area contributed by atoms with Gasteiger partial charge in [-0.05, 0) is 36.8 Å². The fraction of sp³-hybridized carbons (Fsp3) is 0.0526. The summed E-state index contributed by atoms with van der Waals surface area (Å²) in [5, 5.41) is 22.6. The summed E-state index contributed by atoms with van der Waals surface area (Å²) < 4.78 is 0. The van der Waals surface area contributed by atoms with E-state index in [0.29, 0.717) is 38.5 Å². The highest BCUT2D eigenvalue weighted by molar-refractivity contribution is 6.41. The fourth-order valence-electron chi connectivity index (χ4n) is 2.89. The number of amides is 1. The monoisotopic (exact) mass is 399 g/mol. The van der Waals surface area contributed by atoms with Gasteiger partial charge in [0.05, 0.1) is 27.3 Å². The van der Waals surface area contributed by atoms with Gasteiger partial charge in [0.25, 0.3) is 5.69 Å². The average Bonchev–Trinajstić information content (AvgIpc) is 2.64. The molecule has 0 spiro atoms. The van der Waals surface area contributed by atoms with Crippen molar-refractivity contribution in [1.29, 1.82) is 5.26 Å². The van der Waals surface area contributed by atoms with Crippen LogP contribution in [0.4, 0.5) is 17.1 Å². The van der Waals surface area contributed by atoms with Crippen LogP contribution >= 0.6 is 23.2 Å². The molecule has 0 aliphatic carbocycles. The van der Waals surface area contributed by atoms with Crippen LogP contribution in [-0.4, -0.2) is 11.3 Å². The van der Waals surface area contributed by atoms with E-state index in [1.54, 1.807) is 37.3 Å². The molecule has 0 unspecified atom stereocenters. The average molecular weight is 400 g/mol. The van der Waals surface area contributed by atoms with Gasteiger partial charge in [-0.3, -0.25) is 19.8 Å². The molecule has 0 saturated heterocycles. The van der Waals surface area contributed by atoms with Gasteiger partial charge in [-0.25, -0.2) is 0 Å². The van der Waals surface area contributed by atoms with E-state index in [1.165, 1.54) is 6.07 Å². The molecule has 3 aromatic carbocycles. The fourth-order valence-corrected chi connectivity index (χ4v) is 3.39. The lowest BCUT2D eigenvalue weighted by Gasteiger charge is -2.21. The number of nitro groups is 1. The normalized spacial score (nSPS) is 10.4. The summed E-state index contributed by atoms with van der Waals surface area (Å²) >= 11 is 12.6. The summed E-state index contributed by atoms with van der Waals surface area (Å²) in [6.07, 6.45) is 0.472. The van der Waals surface area contributed by atoms with Crippen molar-refractivity contribution in [3.05, 3.63) is 73.8 Å². The van der Waals surface area contributed by atoms with E-state index in [9.17, 15) is 14.9 Å². The number of nitrogens with zero attached hydrogens (tertiary/aromatic N) is 3. The molecule has 0 aliphatic heterocycles.